The Kier molecular flexibility index (Phi) is 2.73. The molecule has 0 aliphatic carbocycles. The molecule has 0 saturated heterocycles. The van der Waals surface area contributed by atoms with Crippen LogP contribution >= 0.6 is 0 Å². The van der Waals surface area contributed by atoms with Gasteiger partial charge in [0.25, 0.3) is 0 Å². The van der Waals surface area contributed by atoms with Gasteiger partial charge in [0.1, 0.15) is 6.29 Å². The maximum absolute atomic E-state index is 10.8. The lowest BCUT2D eigenvalue weighted by Gasteiger charge is -2.10. The first-order valence-corrected chi connectivity index (χ1v) is 5.13. The number of nitrogens with two attached hydrogens (primary N) is 1. The molecule has 0 heterocycles. The van der Waals surface area contributed by atoms with Crippen molar-refractivity contribution >= 4 is 12.0 Å². The molecule has 2 rings (SSSR count). The van der Waals surface area contributed by atoms with E-state index in [-0.39, 0.29) is 0 Å². The van der Waals surface area contributed by atoms with E-state index in [1.807, 2.05) is 43.3 Å². The highest BCUT2D eigenvalue weighted by molar-refractivity contribution is 5.87. The molecule has 2 aromatic rings. The van der Waals surface area contributed by atoms with Crippen molar-refractivity contribution < 1.29 is 4.79 Å². The Labute approximate surface area is 94.7 Å². The molecule has 2 N–H and O–H groups in total. The zero-order valence-electron chi connectivity index (χ0n) is 9.10. The second-order valence-corrected chi connectivity index (χ2v) is 3.72. The molecule has 0 saturated carbocycles. The summed E-state index contributed by atoms with van der Waals surface area (Å²) in [5, 5.41) is 0. The molecule has 0 amide bonds. The third kappa shape index (κ3) is 1.70. The van der Waals surface area contributed by atoms with Crippen LogP contribution in [0.3, 0.4) is 0 Å². The lowest BCUT2D eigenvalue weighted by Crippen LogP contribution is -1.97. The molecule has 0 radical (unpaired) electrons. The van der Waals surface area contributed by atoms with Gasteiger partial charge < -0.3 is 5.73 Å². The summed E-state index contributed by atoms with van der Waals surface area (Å²) in [7, 11) is 0. The van der Waals surface area contributed by atoms with Crippen LogP contribution in [0.15, 0.2) is 42.5 Å². The van der Waals surface area contributed by atoms with Crippen molar-refractivity contribution in [3.63, 3.8) is 0 Å². The van der Waals surface area contributed by atoms with E-state index >= 15 is 0 Å². The van der Waals surface area contributed by atoms with E-state index in [1.165, 1.54) is 0 Å². The van der Waals surface area contributed by atoms with Gasteiger partial charge in [0, 0.05) is 16.8 Å². The van der Waals surface area contributed by atoms with E-state index in [1.54, 1.807) is 6.07 Å². The summed E-state index contributed by atoms with van der Waals surface area (Å²) < 4.78 is 0. The van der Waals surface area contributed by atoms with Gasteiger partial charge >= 0.3 is 0 Å². The van der Waals surface area contributed by atoms with Gasteiger partial charge in [-0.2, -0.15) is 0 Å². The highest BCUT2D eigenvalue weighted by Gasteiger charge is 2.07. The number of carbonyl (C=O) groups excluding carboxylic acids is 1. The van der Waals surface area contributed by atoms with Crippen LogP contribution in [0.1, 0.15) is 15.9 Å². The van der Waals surface area contributed by atoms with Gasteiger partial charge in [0.05, 0.1) is 0 Å². The number of hydrogen-bond acceptors (Lipinski definition) is 2. The fraction of sp³-hybridized carbons (Fsp3) is 0.0714. The van der Waals surface area contributed by atoms with Crippen molar-refractivity contribution in [3.8, 4) is 11.1 Å². The molecule has 0 bridgehead atoms. The lowest BCUT2D eigenvalue weighted by molar-refractivity contribution is 0.112. The molecule has 0 spiro atoms. The van der Waals surface area contributed by atoms with Crippen molar-refractivity contribution in [2.75, 3.05) is 5.73 Å². The summed E-state index contributed by atoms with van der Waals surface area (Å²) in [4.78, 5) is 10.8. The minimum Gasteiger partial charge on any atom is -0.398 e. The Morgan fingerprint density at radius 1 is 1.06 bits per heavy atom. The van der Waals surface area contributed by atoms with Crippen LogP contribution in [-0.2, 0) is 0 Å². The van der Waals surface area contributed by atoms with Crippen LogP contribution < -0.4 is 5.73 Å². The van der Waals surface area contributed by atoms with Crippen LogP contribution in [0.2, 0.25) is 0 Å². The average Bonchev–Trinajstić information content (AvgIpc) is 2.34. The highest BCUT2D eigenvalue weighted by atomic mass is 16.1. The second-order valence-electron chi connectivity index (χ2n) is 3.72. The smallest absolute Gasteiger partial charge is 0.150 e. The normalized spacial score (nSPS) is 10.1. The molecule has 2 heteroatoms. The van der Waals surface area contributed by atoms with Crippen LogP contribution in [0, 0.1) is 6.92 Å². The fourth-order valence-corrected chi connectivity index (χ4v) is 1.74. The SMILES string of the molecule is Cc1c(C=O)ccc(-c2ccccc2)c1N. The third-order valence-electron chi connectivity index (χ3n) is 2.77. The van der Waals surface area contributed by atoms with Gasteiger partial charge in [-0.25, -0.2) is 0 Å². The molecule has 0 atom stereocenters. The maximum atomic E-state index is 10.8. The van der Waals surface area contributed by atoms with Gasteiger partial charge in [-0.05, 0) is 18.1 Å². The van der Waals surface area contributed by atoms with E-state index in [0.29, 0.717) is 11.3 Å². The summed E-state index contributed by atoms with van der Waals surface area (Å²) in [6.45, 7) is 1.87. The maximum Gasteiger partial charge on any atom is 0.150 e. The van der Waals surface area contributed by atoms with Crippen molar-refractivity contribution in [2.45, 2.75) is 6.92 Å². The monoisotopic (exact) mass is 211 g/mol. The quantitative estimate of drug-likeness (QED) is 0.612. The Hall–Kier alpha value is -2.09. The topological polar surface area (TPSA) is 43.1 Å². The Balaban J connectivity index is 2.60. The molecule has 0 aliphatic heterocycles. The zero-order chi connectivity index (χ0) is 11.5. The molecule has 0 unspecified atom stereocenters. The molecule has 0 aromatic heterocycles. The predicted molar refractivity (Wildman–Crippen MR) is 66.4 cm³/mol. The van der Waals surface area contributed by atoms with E-state index in [4.69, 9.17) is 5.73 Å². The van der Waals surface area contributed by atoms with E-state index in [2.05, 4.69) is 0 Å². The molecular weight excluding hydrogens is 198 g/mol. The number of nitrogen functional groups attached to an aromatic ring is 1. The largest absolute Gasteiger partial charge is 0.398 e. The number of hydrogen-bond donors (Lipinski definition) is 1. The standard InChI is InChI=1S/C14H13NO/c1-10-12(9-16)7-8-13(14(10)15)11-5-3-2-4-6-11/h2-9H,15H2,1H3. The molecular formula is C14H13NO. The number of rotatable bonds is 2. The first-order chi connectivity index (χ1) is 7.74. The average molecular weight is 211 g/mol. The summed E-state index contributed by atoms with van der Waals surface area (Å²) in [6.07, 6.45) is 0.834. The molecule has 80 valence electrons. The van der Waals surface area contributed by atoms with Crippen molar-refractivity contribution in [2.24, 2.45) is 0 Å². The molecule has 0 aliphatic rings. The predicted octanol–water partition coefficient (Wildman–Crippen LogP) is 3.06. The van der Waals surface area contributed by atoms with Crippen molar-refractivity contribution in [3.05, 3.63) is 53.6 Å². The van der Waals surface area contributed by atoms with Gasteiger partial charge in [-0.1, -0.05) is 42.5 Å². The second kappa shape index (κ2) is 4.19. The third-order valence-corrected chi connectivity index (χ3v) is 2.77. The molecule has 2 aromatic carbocycles. The van der Waals surface area contributed by atoms with Crippen LogP contribution in [0.4, 0.5) is 5.69 Å². The number of benzene rings is 2. The lowest BCUT2D eigenvalue weighted by atomic mass is 9.98. The minimum atomic E-state index is 0.650. The van der Waals surface area contributed by atoms with Gasteiger partial charge in [0.15, 0.2) is 0 Å². The van der Waals surface area contributed by atoms with E-state index in [9.17, 15) is 4.79 Å². The number of aldehydes is 1. The molecule has 0 fully saturated rings. The highest BCUT2D eigenvalue weighted by Crippen LogP contribution is 2.29. The van der Waals surface area contributed by atoms with Crippen molar-refractivity contribution in [1.82, 2.24) is 0 Å². The minimum absolute atomic E-state index is 0.650. The summed E-state index contributed by atoms with van der Waals surface area (Å²) in [5.41, 5.74) is 10.2. The number of carbonyl (C=O) groups is 1. The summed E-state index contributed by atoms with van der Waals surface area (Å²) >= 11 is 0. The zero-order valence-corrected chi connectivity index (χ0v) is 9.10. The van der Waals surface area contributed by atoms with Gasteiger partial charge in [0.2, 0.25) is 0 Å². The molecule has 2 nitrogen and oxygen atoms in total. The van der Waals surface area contributed by atoms with Crippen molar-refractivity contribution in [1.29, 1.82) is 0 Å². The first-order valence-electron chi connectivity index (χ1n) is 5.13. The van der Waals surface area contributed by atoms with E-state index < -0.39 is 0 Å². The first kappa shape index (κ1) is 10.4. The van der Waals surface area contributed by atoms with Crippen LogP contribution in [-0.4, -0.2) is 6.29 Å². The molecule has 16 heavy (non-hydrogen) atoms. The summed E-state index contributed by atoms with van der Waals surface area (Å²) in [5.74, 6) is 0. The van der Waals surface area contributed by atoms with Crippen LogP contribution in [0.5, 0.6) is 0 Å². The van der Waals surface area contributed by atoms with Gasteiger partial charge in [-0.3, -0.25) is 4.79 Å². The Bertz CT molecular complexity index is 518. The summed E-state index contributed by atoms with van der Waals surface area (Å²) in [6, 6.07) is 13.6. The van der Waals surface area contributed by atoms with E-state index in [0.717, 1.165) is 23.0 Å². The number of anilines is 1. The van der Waals surface area contributed by atoms with Crippen LogP contribution in [0.25, 0.3) is 11.1 Å². The Morgan fingerprint density at radius 2 is 1.75 bits per heavy atom. The van der Waals surface area contributed by atoms with Gasteiger partial charge in [-0.15, -0.1) is 0 Å². The Morgan fingerprint density at radius 3 is 2.38 bits per heavy atom. The fourth-order valence-electron chi connectivity index (χ4n) is 1.74.